The van der Waals surface area contributed by atoms with Crippen LogP contribution < -0.4 is 0 Å². The SMILES string of the molecule is CCOCC1CCN(C)CC1O. The molecule has 1 aliphatic rings. The molecular formula is C9H19NO2. The lowest BCUT2D eigenvalue weighted by atomic mass is 9.95. The third-order valence-electron chi connectivity index (χ3n) is 2.46. The van der Waals surface area contributed by atoms with E-state index in [9.17, 15) is 5.11 Å². The van der Waals surface area contributed by atoms with Gasteiger partial charge in [0.2, 0.25) is 0 Å². The van der Waals surface area contributed by atoms with E-state index in [0.29, 0.717) is 12.5 Å². The van der Waals surface area contributed by atoms with Crippen LogP contribution in [0.15, 0.2) is 0 Å². The summed E-state index contributed by atoms with van der Waals surface area (Å²) in [5.41, 5.74) is 0. The predicted molar refractivity (Wildman–Crippen MR) is 48.1 cm³/mol. The third-order valence-corrected chi connectivity index (χ3v) is 2.46. The van der Waals surface area contributed by atoms with Gasteiger partial charge in [0, 0.05) is 19.1 Å². The number of likely N-dealkylation sites (N-methyl/N-ethyl adjacent to an activating group) is 1. The van der Waals surface area contributed by atoms with Gasteiger partial charge in [-0.05, 0) is 26.9 Å². The molecule has 0 amide bonds. The van der Waals surface area contributed by atoms with Gasteiger partial charge in [0.15, 0.2) is 0 Å². The highest BCUT2D eigenvalue weighted by Crippen LogP contribution is 2.16. The number of aliphatic hydroxyl groups is 1. The van der Waals surface area contributed by atoms with E-state index in [1.165, 1.54) is 0 Å². The molecule has 2 atom stereocenters. The van der Waals surface area contributed by atoms with Crippen molar-refractivity contribution in [1.29, 1.82) is 0 Å². The number of ether oxygens (including phenoxy) is 1. The Hall–Kier alpha value is -0.120. The summed E-state index contributed by atoms with van der Waals surface area (Å²) in [5.74, 6) is 0.348. The van der Waals surface area contributed by atoms with Gasteiger partial charge in [-0.15, -0.1) is 0 Å². The van der Waals surface area contributed by atoms with Gasteiger partial charge in [0.25, 0.3) is 0 Å². The molecule has 12 heavy (non-hydrogen) atoms. The minimum absolute atomic E-state index is 0.199. The molecule has 0 saturated carbocycles. The summed E-state index contributed by atoms with van der Waals surface area (Å²) in [5, 5.41) is 9.64. The zero-order valence-electron chi connectivity index (χ0n) is 7.99. The van der Waals surface area contributed by atoms with E-state index < -0.39 is 0 Å². The highest BCUT2D eigenvalue weighted by Gasteiger charge is 2.25. The maximum absolute atomic E-state index is 9.64. The van der Waals surface area contributed by atoms with E-state index in [4.69, 9.17) is 4.74 Å². The molecule has 1 saturated heterocycles. The molecule has 0 spiro atoms. The van der Waals surface area contributed by atoms with E-state index >= 15 is 0 Å². The minimum Gasteiger partial charge on any atom is -0.391 e. The lowest BCUT2D eigenvalue weighted by molar-refractivity contribution is -0.0133. The Morgan fingerprint density at radius 3 is 2.92 bits per heavy atom. The molecule has 0 aliphatic carbocycles. The smallest absolute Gasteiger partial charge is 0.0717 e. The number of β-amino-alcohol motifs (C(OH)–C–C–N with tert-alkyl or cyclic N) is 1. The first-order chi connectivity index (χ1) is 5.74. The van der Waals surface area contributed by atoms with E-state index in [1.807, 2.05) is 14.0 Å². The van der Waals surface area contributed by atoms with E-state index in [2.05, 4.69) is 4.90 Å². The van der Waals surface area contributed by atoms with Gasteiger partial charge in [0.1, 0.15) is 0 Å². The number of piperidine rings is 1. The van der Waals surface area contributed by atoms with Crippen LogP contribution in [0.5, 0.6) is 0 Å². The second kappa shape index (κ2) is 4.80. The Bertz CT molecular complexity index is 128. The largest absolute Gasteiger partial charge is 0.391 e. The molecule has 1 heterocycles. The number of hydrogen-bond donors (Lipinski definition) is 1. The standard InChI is InChI=1S/C9H19NO2/c1-3-12-7-8-4-5-10(2)6-9(8)11/h8-9,11H,3-7H2,1-2H3. The van der Waals surface area contributed by atoms with Crippen LogP contribution in [0.2, 0.25) is 0 Å². The zero-order valence-corrected chi connectivity index (χ0v) is 7.99. The highest BCUT2D eigenvalue weighted by atomic mass is 16.5. The van der Waals surface area contributed by atoms with Crippen molar-refractivity contribution in [1.82, 2.24) is 4.90 Å². The predicted octanol–water partition coefficient (Wildman–Crippen LogP) is 0.336. The van der Waals surface area contributed by atoms with Crippen molar-refractivity contribution < 1.29 is 9.84 Å². The summed E-state index contributed by atoms with van der Waals surface area (Å²) in [6.07, 6.45) is 0.854. The number of likely N-dealkylation sites (tertiary alicyclic amines) is 1. The summed E-state index contributed by atoms with van der Waals surface area (Å²) in [7, 11) is 2.04. The fourth-order valence-corrected chi connectivity index (χ4v) is 1.60. The van der Waals surface area contributed by atoms with Gasteiger partial charge < -0.3 is 14.7 Å². The van der Waals surface area contributed by atoms with Gasteiger partial charge in [-0.3, -0.25) is 0 Å². The van der Waals surface area contributed by atoms with Crippen molar-refractivity contribution in [2.45, 2.75) is 19.4 Å². The van der Waals surface area contributed by atoms with Crippen LogP contribution in [0.3, 0.4) is 0 Å². The van der Waals surface area contributed by atoms with Crippen molar-refractivity contribution >= 4 is 0 Å². The van der Waals surface area contributed by atoms with Crippen molar-refractivity contribution in [2.24, 2.45) is 5.92 Å². The summed E-state index contributed by atoms with van der Waals surface area (Å²) < 4.78 is 5.30. The van der Waals surface area contributed by atoms with E-state index in [-0.39, 0.29) is 6.10 Å². The number of nitrogens with zero attached hydrogens (tertiary/aromatic N) is 1. The van der Waals surface area contributed by atoms with Crippen LogP contribution in [0, 0.1) is 5.92 Å². The number of hydrogen-bond acceptors (Lipinski definition) is 3. The molecule has 0 bridgehead atoms. The van der Waals surface area contributed by atoms with Gasteiger partial charge in [-0.1, -0.05) is 0 Å². The molecule has 3 nitrogen and oxygen atoms in total. The van der Waals surface area contributed by atoms with Gasteiger partial charge >= 0.3 is 0 Å². The van der Waals surface area contributed by atoms with Crippen molar-refractivity contribution in [3.8, 4) is 0 Å². The Kier molecular flexibility index (Phi) is 3.98. The quantitative estimate of drug-likeness (QED) is 0.668. The molecule has 1 aliphatic heterocycles. The summed E-state index contributed by atoms with van der Waals surface area (Å²) in [6, 6.07) is 0. The maximum Gasteiger partial charge on any atom is 0.0717 e. The Balaban J connectivity index is 2.25. The van der Waals surface area contributed by atoms with Crippen LogP contribution in [0.25, 0.3) is 0 Å². The van der Waals surface area contributed by atoms with Crippen molar-refractivity contribution in [2.75, 3.05) is 33.4 Å². The second-order valence-corrected chi connectivity index (χ2v) is 3.54. The lowest BCUT2D eigenvalue weighted by Gasteiger charge is -2.33. The van der Waals surface area contributed by atoms with Gasteiger partial charge in [-0.25, -0.2) is 0 Å². The van der Waals surface area contributed by atoms with E-state index in [0.717, 1.165) is 26.1 Å². The summed E-state index contributed by atoms with van der Waals surface area (Å²) in [6.45, 7) is 5.32. The Labute approximate surface area is 74.3 Å². The molecule has 3 heteroatoms. The Morgan fingerprint density at radius 1 is 1.58 bits per heavy atom. The van der Waals surface area contributed by atoms with Crippen LogP contribution in [-0.4, -0.2) is 49.5 Å². The summed E-state index contributed by atoms with van der Waals surface area (Å²) in [4.78, 5) is 2.16. The molecule has 72 valence electrons. The first-order valence-corrected chi connectivity index (χ1v) is 4.68. The molecule has 1 fully saturated rings. The van der Waals surface area contributed by atoms with Crippen LogP contribution >= 0.6 is 0 Å². The number of aliphatic hydroxyl groups excluding tert-OH is 1. The highest BCUT2D eigenvalue weighted by molar-refractivity contribution is 4.77. The fraction of sp³-hybridized carbons (Fsp3) is 1.00. The van der Waals surface area contributed by atoms with Gasteiger partial charge in [0.05, 0.1) is 12.7 Å². The third kappa shape index (κ3) is 2.73. The monoisotopic (exact) mass is 173 g/mol. The molecular weight excluding hydrogens is 154 g/mol. The second-order valence-electron chi connectivity index (χ2n) is 3.54. The van der Waals surface area contributed by atoms with E-state index in [1.54, 1.807) is 0 Å². The molecule has 0 aromatic heterocycles. The molecule has 0 aromatic carbocycles. The zero-order chi connectivity index (χ0) is 8.97. The molecule has 0 aromatic rings. The molecule has 1 rings (SSSR count). The first-order valence-electron chi connectivity index (χ1n) is 4.68. The van der Waals surface area contributed by atoms with Crippen LogP contribution in [-0.2, 0) is 4.74 Å². The minimum atomic E-state index is -0.199. The molecule has 2 unspecified atom stereocenters. The fourth-order valence-electron chi connectivity index (χ4n) is 1.60. The molecule has 0 radical (unpaired) electrons. The van der Waals surface area contributed by atoms with Crippen molar-refractivity contribution in [3.05, 3.63) is 0 Å². The topological polar surface area (TPSA) is 32.7 Å². The lowest BCUT2D eigenvalue weighted by Crippen LogP contribution is -2.43. The Morgan fingerprint density at radius 2 is 2.33 bits per heavy atom. The average Bonchev–Trinajstić information content (AvgIpc) is 2.03. The van der Waals surface area contributed by atoms with Crippen molar-refractivity contribution in [3.63, 3.8) is 0 Å². The first kappa shape index (κ1) is 9.96. The van der Waals surface area contributed by atoms with Crippen LogP contribution in [0.4, 0.5) is 0 Å². The average molecular weight is 173 g/mol. The maximum atomic E-state index is 9.64. The molecule has 1 N–H and O–H groups in total. The normalized spacial score (nSPS) is 32.2. The van der Waals surface area contributed by atoms with Crippen LogP contribution in [0.1, 0.15) is 13.3 Å². The number of rotatable bonds is 3. The summed E-state index contributed by atoms with van der Waals surface area (Å²) >= 11 is 0. The van der Waals surface area contributed by atoms with Gasteiger partial charge in [-0.2, -0.15) is 0 Å².